The summed E-state index contributed by atoms with van der Waals surface area (Å²) in [5.74, 6) is 0.0963. The second-order valence-corrected chi connectivity index (χ2v) is 4.54. The minimum absolute atomic E-state index is 0.0963. The van der Waals surface area contributed by atoms with Crippen LogP contribution in [0.3, 0.4) is 0 Å². The zero-order valence-corrected chi connectivity index (χ0v) is 9.73. The summed E-state index contributed by atoms with van der Waals surface area (Å²) in [5, 5.41) is 15.8. The number of anilines is 1. The van der Waals surface area contributed by atoms with E-state index in [1.165, 1.54) is 11.5 Å². The third-order valence-corrected chi connectivity index (χ3v) is 3.44. The van der Waals surface area contributed by atoms with Crippen molar-refractivity contribution in [2.24, 2.45) is 0 Å². The first-order chi connectivity index (χ1) is 7.70. The zero-order valence-electron chi connectivity index (χ0n) is 8.91. The second-order valence-electron chi connectivity index (χ2n) is 3.77. The van der Waals surface area contributed by atoms with Crippen LogP contribution >= 0.6 is 11.5 Å². The van der Waals surface area contributed by atoms with Gasteiger partial charge in [0.1, 0.15) is 16.6 Å². The maximum absolute atomic E-state index is 11.0. The lowest BCUT2D eigenvalue weighted by molar-refractivity contribution is -0.122. The fraction of sp³-hybridized carbons (Fsp3) is 0.500. The largest absolute Gasteiger partial charge is 0.370 e. The van der Waals surface area contributed by atoms with Crippen molar-refractivity contribution in [3.8, 4) is 6.07 Å². The topological polar surface area (TPSA) is 77.8 Å². The standard InChI is InChI=1S/C10H12N4OS/c1-6-8(4-11)10(16-14-6)13-7-2-3-9(15)12-5-7/h7,13H,2-3,5H2,1H3,(H,12,15). The molecule has 84 valence electrons. The maximum atomic E-state index is 11.0. The van der Waals surface area contributed by atoms with Crippen molar-refractivity contribution in [3.63, 3.8) is 0 Å². The molecule has 0 spiro atoms. The van der Waals surface area contributed by atoms with E-state index >= 15 is 0 Å². The zero-order chi connectivity index (χ0) is 11.5. The number of carbonyl (C=O) groups excluding carboxylic acids is 1. The Labute approximate surface area is 97.6 Å². The van der Waals surface area contributed by atoms with Crippen molar-refractivity contribution in [3.05, 3.63) is 11.3 Å². The number of aromatic nitrogens is 1. The molecule has 1 aliphatic heterocycles. The Balaban J connectivity index is 2.04. The molecule has 1 aliphatic rings. The smallest absolute Gasteiger partial charge is 0.220 e. The molecule has 2 N–H and O–H groups in total. The van der Waals surface area contributed by atoms with Gasteiger partial charge in [-0.05, 0) is 24.9 Å². The SMILES string of the molecule is Cc1nsc(NC2CCC(=O)NC2)c1C#N. The molecule has 1 aromatic heterocycles. The van der Waals surface area contributed by atoms with Crippen molar-refractivity contribution in [2.45, 2.75) is 25.8 Å². The van der Waals surface area contributed by atoms with Gasteiger partial charge in [-0.15, -0.1) is 0 Å². The summed E-state index contributed by atoms with van der Waals surface area (Å²) >= 11 is 1.30. The summed E-state index contributed by atoms with van der Waals surface area (Å²) in [6.07, 6.45) is 1.34. The molecule has 0 saturated carbocycles. The Morgan fingerprint density at radius 3 is 3.12 bits per heavy atom. The summed E-state index contributed by atoms with van der Waals surface area (Å²) in [6, 6.07) is 2.34. The molecule has 1 unspecified atom stereocenters. The Kier molecular flexibility index (Phi) is 3.06. The highest BCUT2D eigenvalue weighted by Gasteiger charge is 2.20. The Morgan fingerprint density at radius 2 is 2.50 bits per heavy atom. The van der Waals surface area contributed by atoms with E-state index in [0.29, 0.717) is 18.5 Å². The van der Waals surface area contributed by atoms with Gasteiger partial charge >= 0.3 is 0 Å². The molecule has 0 aromatic carbocycles. The molecule has 1 atom stereocenters. The normalized spacial score (nSPS) is 20.0. The highest BCUT2D eigenvalue weighted by molar-refractivity contribution is 7.10. The van der Waals surface area contributed by atoms with Crippen LogP contribution in [0.25, 0.3) is 0 Å². The highest BCUT2D eigenvalue weighted by atomic mass is 32.1. The number of hydrogen-bond donors (Lipinski definition) is 2. The van der Waals surface area contributed by atoms with Crippen LogP contribution in [0.1, 0.15) is 24.1 Å². The number of piperidine rings is 1. The Bertz CT molecular complexity index is 438. The van der Waals surface area contributed by atoms with Crippen molar-refractivity contribution < 1.29 is 4.79 Å². The van der Waals surface area contributed by atoms with Crippen molar-refractivity contribution in [1.82, 2.24) is 9.69 Å². The molecule has 1 saturated heterocycles. The molecule has 6 heteroatoms. The number of nitriles is 1. The summed E-state index contributed by atoms with van der Waals surface area (Å²) < 4.78 is 4.14. The summed E-state index contributed by atoms with van der Waals surface area (Å²) in [5.41, 5.74) is 1.37. The number of aryl methyl sites for hydroxylation is 1. The second kappa shape index (κ2) is 4.49. The maximum Gasteiger partial charge on any atom is 0.220 e. The van der Waals surface area contributed by atoms with Crippen LogP contribution in [0.4, 0.5) is 5.00 Å². The molecule has 1 amide bonds. The van der Waals surface area contributed by atoms with Crippen molar-refractivity contribution >= 4 is 22.4 Å². The molecule has 2 rings (SSSR count). The van der Waals surface area contributed by atoms with Gasteiger partial charge in [-0.3, -0.25) is 4.79 Å². The number of carbonyl (C=O) groups is 1. The van der Waals surface area contributed by atoms with Gasteiger partial charge in [0.05, 0.1) is 5.69 Å². The monoisotopic (exact) mass is 236 g/mol. The van der Waals surface area contributed by atoms with Gasteiger partial charge in [-0.25, -0.2) is 0 Å². The van der Waals surface area contributed by atoms with Gasteiger partial charge in [0.15, 0.2) is 0 Å². The molecular formula is C10H12N4OS. The van der Waals surface area contributed by atoms with E-state index in [1.54, 1.807) is 0 Å². The third-order valence-electron chi connectivity index (χ3n) is 2.58. The number of hydrogen-bond acceptors (Lipinski definition) is 5. The van der Waals surface area contributed by atoms with Crippen LogP contribution in [0.2, 0.25) is 0 Å². The number of nitrogens with zero attached hydrogens (tertiary/aromatic N) is 2. The van der Waals surface area contributed by atoms with Gasteiger partial charge in [0, 0.05) is 19.0 Å². The predicted molar refractivity (Wildman–Crippen MR) is 61.2 cm³/mol. The summed E-state index contributed by atoms with van der Waals surface area (Å²) in [4.78, 5) is 11.0. The molecular weight excluding hydrogens is 224 g/mol. The minimum atomic E-state index is 0.0963. The summed E-state index contributed by atoms with van der Waals surface area (Å²) in [6.45, 7) is 2.43. The van der Waals surface area contributed by atoms with Crippen molar-refractivity contribution in [2.75, 3.05) is 11.9 Å². The molecule has 1 aromatic rings. The van der Waals surface area contributed by atoms with E-state index in [2.05, 4.69) is 21.1 Å². The lowest BCUT2D eigenvalue weighted by Gasteiger charge is -2.23. The van der Waals surface area contributed by atoms with Gasteiger partial charge in [-0.1, -0.05) is 0 Å². The lowest BCUT2D eigenvalue weighted by atomic mass is 10.1. The first-order valence-electron chi connectivity index (χ1n) is 5.10. The Morgan fingerprint density at radius 1 is 1.69 bits per heavy atom. The van der Waals surface area contributed by atoms with Crippen molar-refractivity contribution in [1.29, 1.82) is 5.26 Å². The number of amides is 1. The first kappa shape index (κ1) is 10.9. The molecule has 5 nitrogen and oxygen atoms in total. The lowest BCUT2D eigenvalue weighted by Crippen LogP contribution is -2.41. The van der Waals surface area contributed by atoms with E-state index < -0.39 is 0 Å². The average Bonchev–Trinajstić information content (AvgIpc) is 2.63. The van der Waals surface area contributed by atoms with Gasteiger partial charge in [0.2, 0.25) is 5.91 Å². The van der Waals surface area contributed by atoms with E-state index in [9.17, 15) is 4.79 Å². The van der Waals surface area contributed by atoms with Crippen LogP contribution in [0, 0.1) is 18.3 Å². The van der Waals surface area contributed by atoms with E-state index in [1.807, 2.05) is 6.92 Å². The minimum Gasteiger partial charge on any atom is -0.370 e. The van der Waals surface area contributed by atoms with Gasteiger partial charge in [-0.2, -0.15) is 9.64 Å². The predicted octanol–water partition coefficient (Wildman–Crippen LogP) is 1.01. The fourth-order valence-corrected chi connectivity index (χ4v) is 2.46. The fourth-order valence-electron chi connectivity index (χ4n) is 1.64. The van der Waals surface area contributed by atoms with Crippen LogP contribution < -0.4 is 10.6 Å². The summed E-state index contributed by atoms with van der Waals surface area (Å²) in [7, 11) is 0. The molecule has 0 radical (unpaired) electrons. The molecule has 0 bridgehead atoms. The third kappa shape index (κ3) is 2.14. The number of rotatable bonds is 2. The highest BCUT2D eigenvalue weighted by Crippen LogP contribution is 2.25. The van der Waals surface area contributed by atoms with E-state index in [-0.39, 0.29) is 11.9 Å². The molecule has 16 heavy (non-hydrogen) atoms. The quantitative estimate of drug-likeness (QED) is 0.803. The van der Waals surface area contributed by atoms with Crippen LogP contribution in [0.5, 0.6) is 0 Å². The average molecular weight is 236 g/mol. The van der Waals surface area contributed by atoms with Gasteiger partial charge < -0.3 is 10.6 Å². The molecule has 2 heterocycles. The molecule has 0 aliphatic carbocycles. The van der Waals surface area contributed by atoms with Gasteiger partial charge in [0.25, 0.3) is 0 Å². The van der Waals surface area contributed by atoms with Crippen LogP contribution in [0.15, 0.2) is 0 Å². The van der Waals surface area contributed by atoms with E-state index in [0.717, 1.165) is 17.1 Å². The molecule has 1 fully saturated rings. The van der Waals surface area contributed by atoms with Crippen LogP contribution in [-0.4, -0.2) is 22.9 Å². The first-order valence-corrected chi connectivity index (χ1v) is 5.87. The number of nitrogens with one attached hydrogen (secondary N) is 2. The van der Waals surface area contributed by atoms with E-state index in [4.69, 9.17) is 5.26 Å². The van der Waals surface area contributed by atoms with Crippen LogP contribution in [-0.2, 0) is 4.79 Å². The Hall–Kier alpha value is -1.61.